The van der Waals surface area contributed by atoms with Gasteiger partial charge in [-0.25, -0.2) is 0 Å². The lowest BCUT2D eigenvalue weighted by atomic mass is 9.82. The summed E-state index contributed by atoms with van der Waals surface area (Å²) in [6, 6.07) is 17.2. The SMILES string of the molecule is CCc1cccc(CC)c1NC(=O)CN1C[C@H](c2ccc3c(c2)OCO3)[C@@H](C(=O)O)[C@@H]1c1ccc2c(c1)CCO2. The Morgan fingerprint density at radius 1 is 0.925 bits per heavy atom. The fraction of sp³-hybridized carbons (Fsp3) is 0.375. The molecule has 0 aliphatic carbocycles. The number of aliphatic carboxylic acids is 1. The standard InChI is InChI=1S/C32H34N2O6/c1-3-19-6-5-7-20(4-2)30(19)33-28(35)17-34-16-24(21-8-11-26-27(15-21)40-18-39-26)29(32(36)37)31(34)23-9-10-25-22(14-23)12-13-38-25/h5-11,14-15,24,29,31H,3-4,12-13,16-18H2,1-2H3,(H,33,35)(H,36,37)/t24-,29-,31+/m1/s1. The molecule has 1 fully saturated rings. The van der Waals surface area contributed by atoms with Crippen LogP contribution in [0.2, 0.25) is 0 Å². The minimum Gasteiger partial charge on any atom is -0.493 e. The number of carboxylic acids is 1. The van der Waals surface area contributed by atoms with E-state index < -0.39 is 17.9 Å². The molecular formula is C32H34N2O6. The van der Waals surface area contributed by atoms with E-state index in [9.17, 15) is 14.7 Å². The maximum atomic E-state index is 13.6. The molecule has 0 spiro atoms. The number of carbonyl (C=O) groups is 2. The lowest BCUT2D eigenvalue weighted by molar-refractivity contribution is -0.143. The summed E-state index contributed by atoms with van der Waals surface area (Å²) >= 11 is 0. The van der Waals surface area contributed by atoms with E-state index in [0.29, 0.717) is 24.7 Å². The van der Waals surface area contributed by atoms with Crippen LogP contribution in [0.25, 0.3) is 0 Å². The molecule has 3 aromatic rings. The molecule has 0 saturated carbocycles. The number of hydrogen-bond donors (Lipinski definition) is 2. The van der Waals surface area contributed by atoms with Gasteiger partial charge in [0.25, 0.3) is 0 Å². The largest absolute Gasteiger partial charge is 0.493 e. The van der Waals surface area contributed by atoms with Crippen molar-refractivity contribution in [3.63, 3.8) is 0 Å². The zero-order chi connectivity index (χ0) is 27.8. The Labute approximate surface area is 233 Å². The molecule has 0 aromatic heterocycles. The summed E-state index contributed by atoms with van der Waals surface area (Å²) in [5, 5.41) is 13.7. The van der Waals surface area contributed by atoms with Crippen LogP contribution in [-0.4, -0.2) is 48.4 Å². The van der Waals surface area contributed by atoms with Gasteiger partial charge in [-0.3, -0.25) is 14.5 Å². The molecule has 208 valence electrons. The van der Waals surface area contributed by atoms with Crippen LogP contribution in [0.3, 0.4) is 0 Å². The first kappa shape index (κ1) is 26.2. The van der Waals surface area contributed by atoms with E-state index in [0.717, 1.165) is 58.5 Å². The molecule has 40 heavy (non-hydrogen) atoms. The van der Waals surface area contributed by atoms with E-state index in [-0.39, 0.29) is 25.2 Å². The van der Waals surface area contributed by atoms with Crippen LogP contribution < -0.4 is 19.5 Å². The summed E-state index contributed by atoms with van der Waals surface area (Å²) < 4.78 is 16.8. The minimum absolute atomic E-state index is 0.0737. The number of ether oxygens (including phenoxy) is 3. The van der Waals surface area contributed by atoms with Gasteiger partial charge in [0.1, 0.15) is 5.75 Å². The van der Waals surface area contributed by atoms with Crippen molar-refractivity contribution in [3.05, 3.63) is 82.4 Å². The number of anilines is 1. The van der Waals surface area contributed by atoms with Gasteiger partial charge in [0, 0.05) is 30.6 Å². The number of aryl methyl sites for hydroxylation is 2. The smallest absolute Gasteiger partial charge is 0.309 e. The van der Waals surface area contributed by atoms with Crippen LogP contribution in [0.5, 0.6) is 17.2 Å². The Bertz CT molecular complexity index is 1430. The predicted octanol–water partition coefficient (Wildman–Crippen LogP) is 4.96. The minimum atomic E-state index is -0.892. The molecule has 0 unspecified atom stereocenters. The van der Waals surface area contributed by atoms with E-state index >= 15 is 0 Å². The molecule has 8 heteroatoms. The Morgan fingerprint density at radius 2 is 1.65 bits per heavy atom. The number of fused-ring (bicyclic) bond motifs is 2. The van der Waals surface area contributed by atoms with Crippen LogP contribution in [0.4, 0.5) is 5.69 Å². The van der Waals surface area contributed by atoms with Crippen molar-refractivity contribution in [2.24, 2.45) is 5.92 Å². The Morgan fingerprint density at radius 3 is 2.40 bits per heavy atom. The van der Waals surface area contributed by atoms with Crippen molar-refractivity contribution < 1.29 is 28.9 Å². The molecule has 3 aliphatic heterocycles. The van der Waals surface area contributed by atoms with Gasteiger partial charge in [0.15, 0.2) is 11.5 Å². The highest BCUT2D eigenvalue weighted by atomic mass is 16.7. The van der Waals surface area contributed by atoms with Crippen molar-refractivity contribution in [2.75, 3.05) is 31.8 Å². The second-order valence-electron chi connectivity index (χ2n) is 10.6. The summed E-state index contributed by atoms with van der Waals surface area (Å²) in [4.78, 5) is 28.5. The predicted molar refractivity (Wildman–Crippen MR) is 150 cm³/mol. The van der Waals surface area contributed by atoms with Crippen LogP contribution >= 0.6 is 0 Å². The molecule has 0 bridgehead atoms. The van der Waals surface area contributed by atoms with Crippen molar-refractivity contribution in [3.8, 4) is 17.2 Å². The van der Waals surface area contributed by atoms with E-state index in [4.69, 9.17) is 14.2 Å². The summed E-state index contributed by atoms with van der Waals surface area (Å²) in [5.41, 5.74) is 5.86. The molecule has 0 radical (unpaired) electrons. The fourth-order valence-electron chi connectivity index (χ4n) is 6.43. The van der Waals surface area contributed by atoms with Crippen molar-refractivity contribution >= 4 is 17.6 Å². The van der Waals surface area contributed by atoms with Crippen molar-refractivity contribution in [2.45, 2.75) is 45.1 Å². The highest BCUT2D eigenvalue weighted by Crippen LogP contribution is 2.48. The fourth-order valence-corrected chi connectivity index (χ4v) is 6.43. The van der Waals surface area contributed by atoms with Gasteiger partial charge in [0.2, 0.25) is 12.7 Å². The normalized spacial score (nSPS) is 21.2. The van der Waals surface area contributed by atoms with Crippen LogP contribution in [-0.2, 0) is 28.9 Å². The van der Waals surface area contributed by atoms with Gasteiger partial charge >= 0.3 is 5.97 Å². The zero-order valence-electron chi connectivity index (χ0n) is 22.8. The van der Waals surface area contributed by atoms with Gasteiger partial charge in [-0.2, -0.15) is 0 Å². The van der Waals surface area contributed by atoms with Gasteiger partial charge in [-0.1, -0.05) is 50.2 Å². The molecule has 1 saturated heterocycles. The van der Waals surface area contributed by atoms with E-state index in [2.05, 4.69) is 25.2 Å². The summed E-state index contributed by atoms with van der Waals surface area (Å²) in [6.45, 7) is 5.41. The van der Waals surface area contributed by atoms with Gasteiger partial charge in [0.05, 0.1) is 19.1 Å². The number of nitrogens with one attached hydrogen (secondary N) is 1. The molecule has 2 N–H and O–H groups in total. The van der Waals surface area contributed by atoms with Crippen LogP contribution in [0, 0.1) is 5.92 Å². The zero-order valence-corrected chi connectivity index (χ0v) is 22.8. The highest BCUT2D eigenvalue weighted by molar-refractivity contribution is 5.94. The number of amides is 1. The Hall–Kier alpha value is -4.04. The number of para-hydroxylation sites is 1. The molecule has 8 nitrogen and oxygen atoms in total. The molecule has 1 amide bonds. The number of hydrogen-bond acceptors (Lipinski definition) is 6. The van der Waals surface area contributed by atoms with Crippen LogP contribution in [0.15, 0.2) is 54.6 Å². The van der Waals surface area contributed by atoms with Gasteiger partial charge in [-0.15, -0.1) is 0 Å². The van der Waals surface area contributed by atoms with Crippen LogP contribution in [0.1, 0.15) is 53.6 Å². The van der Waals surface area contributed by atoms with E-state index in [1.165, 1.54) is 0 Å². The first-order valence-electron chi connectivity index (χ1n) is 14.0. The summed E-state index contributed by atoms with van der Waals surface area (Å²) in [6.07, 6.45) is 2.40. The molecule has 3 aromatic carbocycles. The Kier molecular flexibility index (Phi) is 7.11. The first-order chi connectivity index (χ1) is 19.5. The highest BCUT2D eigenvalue weighted by Gasteiger charge is 2.48. The topological polar surface area (TPSA) is 97.3 Å². The third-order valence-electron chi connectivity index (χ3n) is 8.37. The molecule has 3 heterocycles. The molecule has 3 atom stereocenters. The summed E-state index contributed by atoms with van der Waals surface area (Å²) in [5.74, 6) is -0.0363. The number of nitrogens with zero attached hydrogens (tertiary/aromatic N) is 1. The van der Waals surface area contributed by atoms with E-state index in [1.807, 2.05) is 53.4 Å². The summed E-state index contributed by atoms with van der Waals surface area (Å²) in [7, 11) is 0. The number of benzene rings is 3. The van der Waals surface area contributed by atoms with Crippen molar-refractivity contribution in [1.82, 2.24) is 4.90 Å². The third-order valence-corrected chi connectivity index (χ3v) is 8.37. The van der Waals surface area contributed by atoms with E-state index in [1.54, 1.807) is 0 Å². The maximum Gasteiger partial charge on any atom is 0.309 e. The lowest BCUT2D eigenvalue weighted by Gasteiger charge is -2.27. The first-order valence-corrected chi connectivity index (χ1v) is 14.0. The number of likely N-dealkylation sites (tertiary alicyclic amines) is 1. The number of rotatable bonds is 8. The molecule has 6 rings (SSSR count). The monoisotopic (exact) mass is 542 g/mol. The molecular weight excluding hydrogens is 508 g/mol. The number of carboxylic acid groups (broad SMARTS) is 1. The third kappa shape index (κ3) is 4.77. The van der Waals surface area contributed by atoms with Crippen molar-refractivity contribution in [1.29, 1.82) is 0 Å². The number of carbonyl (C=O) groups excluding carboxylic acids is 1. The average molecular weight is 543 g/mol. The Balaban J connectivity index is 1.35. The average Bonchev–Trinajstić information content (AvgIpc) is 3.70. The quantitative estimate of drug-likeness (QED) is 0.416. The lowest BCUT2D eigenvalue weighted by Crippen LogP contribution is -2.35. The van der Waals surface area contributed by atoms with Gasteiger partial charge in [-0.05, 0) is 58.9 Å². The second kappa shape index (κ2) is 10.8. The van der Waals surface area contributed by atoms with Gasteiger partial charge < -0.3 is 24.6 Å². The maximum absolute atomic E-state index is 13.6. The molecule has 3 aliphatic rings. The second-order valence-corrected chi connectivity index (χ2v) is 10.6.